The molecule has 0 bridgehead atoms. The van der Waals surface area contributed by atoms with Crippen molar-refractivity contribution in [3.05, 3.63) is 151 Å². The third-order valence-corrected chi connectivity index (χ3v) is 20.2. The van der Waals surface area contributed by atoms with Gasteiger partial charge in [0.1, 0.15) is 0 Å². The van der Waals surface area contributed by atoms with Crippen LogP contribution in [-0.2, 0) is 21.3 Å². The monoisotopic (exact) mass is 684 g/mol. The minimum atomic E-state index is -2.74. The fourth-order valence-corrected chi connectivity index (χ4v) is 19.3. The van der Waals surface area contributed by atoms with Crippen LogP contribution in [0.3, 0.4) is 0 Å². The van der Waals surface area contributed by atoms with Gasteiger partial charge in [-0.3, -0.25) is 0 Å². The standard InChI is InChI=1S/C15H14.C13H9.C10H17Si.2ClH.Zr/c1-12-3-7-14(8-4-12)11-15-9-5-13(2)6-10-15;1-3-7-12-10(5-1)9-11-6-2-4-8-13(11)12;1-8-6-9(2)10(7-8)11(3,4)5;;;/h3-10H,1-2H3;1-9H;7-8H,1-5H3;2*1H;/q;;;;;+2/p-2. The van der Waals surface area contributed by atoms with E-state index in [-0.39, 0.29) is 24.8 Å². The summed E-state index contributed by atoms with van der Waals surface area (Å²) in [5.74, 6) is 0.488. The zero-order valence-electron chi connectivity index (χ0n) is 25.7. The molecule has 0 saturated heterocycles. The maximum atomic E-state index is 2.66. The molecule has 0 amide bonds. The van der Waals surface area contributed by atoms with Crippen molar-refractivity contribution < 1.29 is 46.1 Å². The van der Waals surface area contributed by atoms with Crippen LogP contribution in [0.5, 0.6) is 0 Å². The van der Waals surface area contributed by atoms with Crippen molar-refractivity contribution in [3.63, 3.8) is 0 Å². The first-order valence-electron chi connectivity index (χ1n) is 14.7. The van der Waals surface area contributed by atoms with Gasteiger partial charge < -0.3 is 24.8 Å². The summed E-state index contributed by atoms with van der Waals surface area (Å²) < 4.78 is 3.90. The molecule has 0 aromatic heterocycles. The minimum Gasteiger partial charge on any atom is -1.00 e. The van der Waals surface area contributed by atoms with E-state index in [4.69, 9.17) is 0 Å². The van der Waals surface area contributed by atoms with Crippen LogP contribution in [0.1, 0.15) is 50.9 Å². The second-order valence-corrected chi connectivity index (χ2v) is 23.8. The van der Waals surface area contributed by atoms with Gasteiger partial charge in [-0.15, -0.1) is 0 Å². The molecule has 4 aromatic rings. The van der Waals surface area contributed by atoms with Crippen molar-refractivity contribution >= 4 is 11.3 Å². The molecule has 1 atom stereocenters. The normalized spacial score (nSPS) is 15.6. The van der Waals surface area contributed by atoms with E-state index in [2.05, 4.69) is 150 Å². The number of allylic oxidation sites excluding steroid dienone is 4. The van der Waals surface area contributed by atoms with Gasteiger partial charge in [0.2, 0.25) is 0 Å². The molecule has 1 unspecified atom stereocenters. The number of rotatable bonds is 5. The van der Waals surface area contributed by atoms with Crippen LogP contribution in [0, 0.1) is 19.8 Å². The molecule has 4 heteroatoms. The van der Waals surface area contributed by atoms with E-state index >= 15 is 0 Å². The average Bonchev–Trinajstić information content (AvgIpc) is 3.43. The van der Waals surface area contributed by atoms with Gasteiger partial charge >= 0.3 is 251 Å². The van der Waals surface area contributed by atoms with Gasteiger partial charge in [0.25, 0.3) is 0 Å². The Morgan fingerprint density at radius 3 is 1.45 bits per heavy atom. The van der Waals surface area contributed by atoms with E-state index in [1.54, 1.807) is 28.4 Å². The summed E-state index contributed by atoms with van der Waals surface area (Å²) in [6.07, 6.45) is 2.66. The average molecular weight is 687 g/mol. The van der Waals surface area contributed by atoms with Crippen molar-refractivity contribution in [2.45, 2.75) is 51.0 Å². The number of benzene rings is 4. The van der Waals surface area contributed by atoms with Crippen LogP contribution in [0.15, 0.2) is 117 Å². The molecule has 0 N–H and O–H groups in total. The quantitative estimate of drug-likeness (QED) is 0.279. The van der Waals surface area contributed by atoms with Crippen LogP contribution in [-0.4, -0.2) is 11.3 Å². The molecule has 0 nitrogen and oxygen atoms in total. The van der Waals surface area contributed by atoms with E-state index in [1.807, 2.05) is 0 Å². The number of fused-ring (bicyclic) bond motifs is 3. The van der Waals surface area contributed by atoms with Gasteiger partial charge in [-0.2, -0.15) is 0 Å². The molecule has 2 aliphatic rings. The fourth-order valence-electron chi connectivity index (χ4n) is 7.02. The topological polar surface area (TPSA) is 0 Å². The number of hydrogen-bond donors (Lipinski definition) is 0. The zero-order chi connectivity index (χ0) is 28.2. The smallest absolute Gasteiger partial charge is 1.00 e. The van der Waals surface area contributed by atoms with Crippen LogP contribution in [0.4, 0.5) is 0 Å². The van der Waals surface area contributed by atoms with Gasteiger partial charge in [0, 0.05) is 0 Å². The van der Waals surface area contributed by atoms with Gasteiger partial charge in [-0.25, -0.2) is 0 Å². The van der Waals surface area contributed by atoms with E-state index < -0.39 is 29.3 Å². The molecule has 0 heterocycles. The molecule has 6 rings (SSSR count). The summed E-state index contributed by atoms with van der Waals surface area (Å²) in [6.45, 7) is 16.9. The van der Waals surface area contributed by atoms with Crippen molar-refractivity contribution in [1.82, 2.24) is 0 Å². The Bertz CT molecular complexity index is 1610. The van der Waals surface area contributed by atoms with E-state index in [9.17, 15) is 0 Å². The Hall–Kier alpha value is -2.09. The predicted molar refractivity (Wildman–Crippen MR) is 173 cm³/mol. The number of halogens is 2. The Labute approximate surface area is 274 Å². The third-order valence-electron chi connectivity index (χ3n) is 8.85. The van der Waals surface area contributed by atoms with E-state index in [0.717, 1.165) is 0 Å². The molecule has 0 radical (unpaired) electrons. The molecule has 42 heavy (non-hydrogen) atoms. The third kappa shape index (κ3) is 5.86. The summed E-state index contributed by atoms with van der Waals surface area (Å²) in [5, 5.41) is 1.68. The van der Waals surface area contributed by atoms with Crippen LogP contribution >= 0.6 is 0 Å². The van der Waals surface area contributed by atoms with Crippen LogP contribution in [0.25, 0.3) is 11.1 Å². The predicted octanol–water partition coefficient (Wildman–Crippen LogP) is 4.00. The van der Waals surface area contributed by atoms with Crippen molar-refractivity contribution in [1.29, 1.82) is 0 Å². The molecule has 0 saturated carbocycles. The van der Waals surface area contributed by atoms with Crippen LogP contribution in [0.2, 0.25) is 19.6 Å². The maximum absolute atomic E-state index is 2.74. The van der Waals surface area contributed by atoms with Gasteiger partial charge in [-0.05, 0) is 0 Å². The number of hydrogen-bond acceptors (Lipinski definition) is 0. The molecule has 214 valence electrons. The summed E-state index contributed by atoms with van der Waals surface area (Å²) in [5.41, 5.74) is 13.1. The Morgan fingerprint density at radius 2 is 1.05 bits per heavy atom. The first kappa shape index (κ1) is 32.8. The second-order valence-electron chi connectivity index (χ2n) is 12.8. The Morgan fingerprint density at radius 1 is 0.619 bits per heavy atom. The van der Waals surface area contributed by atoms with Crippen molar-refractivity contribution in [2.24, 2.45) is 5.92 Å². The van der Waals surface area contributed by atoms with Crippen LogP contribution < -0.4 is 24.8 Å². The van der Waals surface area contributed by atoms with Gasteiger partial charge in [-0.1, -0.05) is 0 Å². The maximum Gasteiger partial charge on any atom is -1.00 e. The van der Waals surface area contributed by atoms with Crippen molar-refractivity contribution in [3.8, 4) is 11.1 Å². The minimum absolute atomic E-state index is 0. The summed E-state index contributed by atoms with van der Waals surface area (Å²) in [6, 6.07) is 37.4. The first-order valence-corrected chi connectivity index (χ1v) is 22.0. The summed E-state index contributed by atoms with van der Waals surface area (Å²) in [4.78, 5) is 0. The Kier molecular flexibility index (Phi) is 10.1. The zero-order valence-corrected chi connectivity index (χ0v) is 30.7. The summed E-state index contributed by atoms with van der Waals surface area (Å²) in [7, 11) is -1.48. The molecule has 4 aromatic carbocycles. The van der Waals surface area contributed by atoms with Gasteiger partial charge in [0.05, 0.1) is 0 Å². The summed E-state index contributed by atoms with van der Waals surface area (Å²) >= 11 is -2.74. The SMILES string of the molecule is CC1=[C]([Zr+2](=[C](c2ccc(C)cc2)c2ccc(C)cc2)[CH]2c3ccccc3-c3ccccc32)C(C)C=C1[Si](C)(C)C.[Cl-].[Cl-]. The van der Waals surface area contributed by atoms with Gasteiger partial charge in [0.15, 0.2) is 0 Å². The molecular formula is C38H40Cl2SiZr. The van der Waals surface area contributed by atoms with E-state index in [0.29, 0.717) is 9.54 Å². The molecular weight excluding hydrogens is 647 g/mol. The number of aryl methyl sites for hydroxylation is 2. The molecule has 2 aliphatic carbocycles. The Balaban J connectivity index is 0.00000202. The fraction of sp³-hybridized carbons (Fsp3) is 0.237. The molecule has 0 spiro atoms. The second kappa shape index (κ2) is 12.9. The largest absolute Gasteiger partial charge is 1.00 e. The van der Waals surface area contributed by atoms with Crippen molar-refractivity contribution in [2.75, 3.05) is 0 Å². The molecule has 0 fully saturated rings. The van der Waals surface area contributed by atoms with E-state index in [1.165, 1.54) is 33.4 Å². The molecule has 0 aliphatic heterocycles. The first-order chi connectivity index (χ1) is 19.1.